The van der Waals surface area contributed by atoms with Crippen molar-refractivity contribution in [2.24, 2.45) is 0 Å². The molecule has 2 aromatic carbocycles. The SMILES string of the molecule is CCc1nsc(Cl)n1.CCc1nsc(N2C3CCC2CC(N2CCC4(CCN(C(=O)N(C)C)c5ccccc54)CC2)C3)n1.CN(C)C(=O)N1CCC2(CCN(C3CC4CCC(C3)N4)CC2)c2ccccc21.Cl. The topological polar surface area (TPSA) is 120 Å². The van der Waals surface area contributed by atoms with E-state index in [9.17, 15) is 9.59 Å². The Morgan fingerprint density at radius 2 is 1.04 bits per heavy atom. The quantitative estimate of drug-likeness (QED) is 0.207. The first-order valence-electron chi connectivity index (χ1n) is 26.9. The normalized spacial score (nSPS) is 26.9. The van der Waals surface area contributed by atoms with Crippen LogP contribution >= 0.6 is 47.1 Å². The van der Waals surface area contributed by atoms with Gasteiger partial charge in [0, 0.05) is 124 Å². The minimum atomic E-state index is 0. The maximum absolute atomic E-state index is 12.8. The molecule has 2 aromatic heterocycles. The fourth-order valence-electron chi connectivity index (χ4n) is 14.0. The summed E-state index contributed by atoms with van der Waals surface area (Å²) in [6, 6.07) is 21.7. The highest BCUT2D eigenvalue weighted by molar-refractivity contribution is 7.10. The largest absolute Gasteiger partial charge is 0.341 e. The highest BCUT2D eigenvalue weighted by Gasteiger charge is 2.49. The molecular formula is C54H78Cl2N12O2S2. The fraction of sp³-hybridized carbons (Fsp3) is 0.667. The van der Waals surface area contributed by atoms with Crippen molar-refractivity contribution in [3.8, 4) is 0 Å². The van der Waals surface area contributed by atoms with Gasteiger partial charge in [-0.3, -0.25) is 9.80 Å². The van der Waals surface area contributed by atoms with Crippen LogP contribution in [0.5, 0.6) is 0 Å². The number of rotatable bonds is 5. The molecule has 10 heterocycles. The summed E-state index contributed by atoms with van der Waals surface area (Å²) in [7, 11) is 7.39. The number of nitrogens with zero attached hydrogens (tertiary/aromatic N) is 11. The minimum absolute atomic E-state index is 0. The lowest BCUT2D eigenvalue weighted by Crippen LogP contribution is -2.55. The zero-order valence-corrected chi connectivity index (χ0v) is 46.7. The number of likely N-dealkylation sites (tertiary alicyclic amines) is 2. The fourth-order valence-corrected chi connectivity index (χ4v) is 15.6. The Labute approximate surface area is 448 Å². The Bertz CT molecular complexity index is 2450. The molecule has 4 atom stereocenters. The number of hydrogen-bond acceptors (Lipinski definition) is 12. The third-order valence-electron chi connectivity index (χ3n) is 17.8. The van der Waals surface area contributed by atoms with Gasteiger partial charge in [-0.2, -0.15) is 8.75 Å². The van der Waals surface area contributed by atoms with E-state index in [1.165, 1.54) is 126 Å². The molecule has 1 N–H and O–H groups in total. The number of hydrogen-bond donors (Lipinski definition) is 1. The number of halogens is 2. The molecular weight excluding hydrogens is 984 g/mol. The molecule has 4 unspecified atom stereocenters. The predicted octanol–water partition coefficient (Wildman–Crippen LogP) is 9.90. The Kier molecular flexibility index (Phi) is 16.8. The van der Waals surface area contributed by atoms with Gasteiger partial charge in [0.1, 0.15) is 11.6 Å². The predicted molar refractivity (Wildman–Crippen MR) is 296 cm³/mol. The van der Waals surface area contributed by atoms with Crippen LogP contribution in [-0.2, 0) is 23.7 Å². The first kappa shape index (κ1) is 53.2. The van der Waals surface area contributed by atoms with Crippen molar-refractivity contribution in [2.45, 2.75) is 164 Å². The third-order valence-corrected chi connectivity index (χ3v) is 19.4. The second-order valence-electron chi connectivity index (χ2n) is 22.2. The van der Waals surface area contributed by atoms with Gasteiger partial charge < -0.3 is 29.8 Å². The van der Waals surface area contributed by atoms with Crippen molar-refractivity contribution in [1.82, 2.24) is 43.6 Å². The first-order valence-corrected chi connectivity index (χ1v) is 28.8. The molecule has 4 bridgehead atoms. The number of aryl methyl sites for hydroxylation is 2. The highest BCUT2D eigenvalue weighted by Crippen LogP contribution is 2.50. The monoisotopic (exact) mass is 1060 g/mol. The number of carbonyl (C=O) groups excluding carboxylic acids is 2. The zero-order valence-electron chi connectivity index (χ0n) is 43.5. The Morgan fingerprint density at radius 3 is 1.46 bits per heavy atom. The molecule has 0 aliphatic carbocycles. The summed E-state index contributed by atoms with van der Waals surface area (Å²) < 4.78 is 9.02. The van der Waals surface area contributed by atoms with Crippen molar-refractivity contribution in [3.05, 3.63) is 75.8 Å². The van der Waals surface area contributed by atoms with E-state index in [4.69, 9.17) is 16.6 Å². The summed E-state index contributed by atoms with van der Waals surface area (Å²) in [6.45, 7) is 10.5. The molecule has 4 aromatic rings. The van der Waals surface area contributed by atoms with Gasteiger partial charge in [0.25, 0.3) is 0 Å². The highest BCUT2D eigenvalue weighted by atomic mass is 35.5. The number of para-hydroxylation sites is 2. The van der Waals surface area contributed by atoms with E-state index < -0.39 is 0 Å². The molecule has 0 saturated carbocycles. The summed E-state index contributed by atoms with van der Waals surface area (Å²) in [4.78, 5) is 49.8. The molecule has 18 heteroatoms. The van der Waals surface area contributed by atoms with E-state index >= 15 is 0 Å². The van der Waals surface area contributed by atoms with E-state index in [-0.39, 0.29) is 35.3 Å². The van der Waals surface area contributed by atoms with E-state index in [1.807, 2.05) is 44.9 Å². The van der Waals surface area contributed by atoms with Crippen LogP contribution in [0, 0.1) is 0 Å². The molecule has 12 rings (SSSR count). The zero-order chi connectivity index (χ0) is 49.4. The van der Waals surface area contributed by atoms with Crippen LogP contribution in [-0.4, -0.2) is 154 Å². The van der Waals surface area contributed by atoms with Crippen molar-refractivity contribution in [2.75, 3.05) is 82.2 Å². The standard InChI is InChI=1S/C27H38N6OS.C23H34N4O.C4H5ClN2S.ClH/c1-4-24-28-25(35-29-24)33-19-9-10-20(33)18-21(17-19)31-14-11-27(12-15-31)13-16-32(26(34)30(2)3)23-8-6-5-7-22(23)27;1-25(2)22(28)27-14-11-23(20-5-3-4-6-21(20)27)9-12-26(13-10-23)19-15-17-7-8-18(16-19)24-17;1-2-3-6-4(5)8-7-3;/h5-8,19-21H,4,9-18H2,1-3H3;3-6,17-19,24H,7-16H2,1-2H3;2H2,1H3;1H. The van der Waals surface area contributed by atoms with Gasteiger partial charge in [-0.05, 0) is 162 Å². The number of fused-ring (bicyclic) bond motifs is 8. The molecule has 6 saturated heterocycles. The summed E-state index contributed by atoms with van der Waals surface area (Å²) >= 11 is 8.31. The Hall–Kier alpha value is -3.64. The molecule has 2 spiro atoms. The van der Waals surface area contributed by atoms with Crippen molar-refractivity contribution < 1.29 is 9.59 Å². The lowest BCUT2D eigenvalue weighted by Gasteiger charge is -2.51. The molecule has 8 aliphatic heterocycles. The molecule has 392 valence electrons. The number of nitrogens with one attached hydrogen (secondary N) is 1. The van der Waals surface area contributed by atoms with Gasteiger partial charge in [-0.1, -0.05) is 50.2 Å². The maximum Gasteiger partial charge on any atom is 0.323 e. The summed E-state index contributed by atoms with van der Waals surface area (Å²) in [6.07, 6.45) is 19.3. The maximum atomic E-state index is 12.8. The van der Waals surface area contributed by atoms with Crippen LogP contribution in [0.25, 0.3) is 0 Å². The van der Waals surface area contributed by atoms with Gasteiger partial charge >= 0.3 is 12.1 Å². The Balaban J connectivity index is 0.000000155. The average molecular weight is 1060 g/mol. The molecule has 6 fully saturated rings. The molecule has 0 radical (unpaired) electrons. The van der Waals surface area contributed by atoms with Crippen LogP contribution < -0.4 is 20.0 Å². The van der Waals surface area contributed by atoms with Crippen LogP contribution in [0.1, 0.15) is 127 Å². The van der Waals surface area contributed by atoms with Gasteiger partial charge in [-0.15, -0.1) is 12.4 Å². The summed E-state index contributed by atoms with van der Waals surface area (Å²) in [5.41, 5.74) is 5.52. The van der Waals surface area contributed by atoms with E-state index in [0.29, 0.717) is 22.6 Å². The third kappa shape index (κ3) is 10.8. The van der Waals surface area contributed by atoms with Gasteiger partial charge in [-0.25, -0.2) is 19.6 Å². The van der Waals surface area contributed by atoms with Crippen molar-refractivity contribution in [3.63, 3.8) is 0 Å². The average Bonchev–Trinajstić information content (AvgIpc) is 4.19. The molecule has 8 aliphatic rings. The second kappa shape index (κ2) is 22.7. The minimum Gasteiger partial charge on any atom is -0.341 e. The van der Waals surface area contributed by atoms with Gasteiger partial charge in [0.15, 0.2) is 0 Å². The van der Waals surface area contributed by atoms with Gasteiger partial charge in [0.05, 0.1) is 0 Å². The lowest BCUT2D eigenvalue weighted by atomic mass is 9.67. The number of amides is 4. The molecule has 4 amide bonds. The van der Waals surface area contributed by atoms with Crippen LogP contribution in [0.2, 0.25) is 4.47 Å². The Morgan fingerprint density at radius 1 is 0.611 bits per heavy atom. The van der Waals surface area contributed by atoms with E-state index in [1.54, 1.807) is 21.3 Å². The second-order valence-corrected chi connectivity index (χ2v) is 24.2. The van der Waals surface area contributed by atoms with E-state index in [2.05, 4.69) is 89.2 Å². The van der Waals surface area contributed by atoms with Crippen LogP contribution in [0.15, 0.2) is 48.5 Å². The van der Waals surface area contributed by atoms with Crippen molar-refractivity contribution >= 4 is 75.6 Å². The van der Waals surface area contributed by atoms with Gasteiger partial charge in [0.2, 0.25) is 9.60 Å². The lowest BCUT2D eigenvalue weighted by molar-refractivity contribution is 0.0807. The first-order chi connectivity index (χ1) is 34.4. The van der Waals surface area contributed by atoms with Crippen LogP contribution in [0.3, 0.4) is 0 Å². The summed E-state index contributed by atoms with van der Waals surface area (Å²) in [5.74, 6) is 1.83. The van der Waals surface area contributed by atoms with Crippen LogP contribution in [0.4, 0.5) is 26.1 Å². The number of carbonyl (C=O) groups is 2. The number of urea groups is 2. The number of benzene rings is 2. The van der Waals surface area contributed by atoms with E-state index in [0.717, 1.165) is 85.1 Å². The molecule has 72 heavy (non-hydrogen) atoms. The summed E-state index contributed by atoms with van der Waals surface area (Å²) in [5, 5.41) is 4.94. The number of aromatic nitrogens is 4. The number of anilines is 3. The molecule has 14 nitrogen and oxygen atoms in total. The van der Waals surface area contributed by atoms with Crippen molar-refractivity contribution in [1.29, 1.82) is 0 Å². The smallest absolute Gasteiger partial charge is 0.323 e. The number of piperidine rings is 4.